The molecule has 0 heterocycles. The number of carbonyl (C=O) groups excluding carboxylic acids is 2. The van der Waals surface area contributed by atoms with Crippen LogP contribution in [-0.2, 0) is 26.2 Å². The number of amides is 2. The maximum atomic E-state index is 13.5. The molecule has 0 aliphatic carbocycles. The van der Waals surface area contributed by atoms with Gasteiger partial charge in [-0.3, -0.25) is 13.9 Å². The van der Waals surface area contributed by atoms with Gasteiger partial charge >= 0.3 is 0 Å². The Morgan fingerprint density at radius 2 is 1.57 bits per heavy atom. The van der Waals surface area contributed by atoms with Crippen LogP contribution in [0.5, 0.6) is 0 Å². The lowest BCUT2D eigenvalue weighted by Gasteiger charge is -2.32. The first-order chi connectivity index (χ1) is 17.4. The average molecular weight is 530 g/mol. The molecule has 7 nitrogen and oxygen atoms in total. The maximum Gasteiger partial charge on any atom is 0.243 e. The summed E-state index contributed by atoms with van der Waals surface area (Å²) in [5.41, 5.74) is 4.52. The quantitative estimate of drug-likeness (QED) is 0.401. The van der Waals surface area contributed by atoms with Gasteiger partial charge in [0.2, 0.25) is 21.8 Å². The number of nitrogens with one attached hydrogen (secondary N) is 1. The first-order valence-corrected chi connectivity index (χ1v) is 14.9. The van der Waals surface area contributed by atoms with E-state index in [9.17, 15) is 18.0 Å². The van der Waals surface area contributed by atoms with Gasteiger partial charge < -0.3 is 10.2 Å². The minimum Gasteiger partial charge on any atom is -0.352 e. The molecule has 2 aromatic carbocycles. The first kappa shape index (κ1) is 30.4. The molecule has 0 fully saturated rings. The first-order valence-electron chi connectivity index (χ1n) is 13.1. The molecule has 0 unspecified atom stereocenters. The summed E-state index contributed by atoms with van der Waals surface area (Å²) in [7, 11) is -3.53. The van der Waals surface area contributed by atoms with Gasteiger partial charge in [0, 0.05) is 25.6 Å². The Kier molecular flexibility index (Phi) is 11.2. The number of aryl methyl sites for hydroxylation is 3. The summed E-state index contributed by atoms with van der Waals surface area (Å²) in [6.45, 7) is 12.2. The van der Waals surface area contributed by atoms with E-state index >= 15 is 0 Å². The fourth-order valence-electron chi connectivity index (χ4n) is 4.22. The molecule has 0 spiro atoms. The second kappa shape index (κ2) is 13.6. The molecule has 2 rings (SSSR count). The van der Waals surface area contributed by atoms with E-state index in [1.165, 1.54) is 10.6 Å². The second-order valence-corrected chi connectivity index (χ2v) is 11.9. The predicted molar refractivity (Wildman–Crippen MR) is 151 cm³/mol. The van der Waals surface area contributed by atoms with Crippen LogP contribution >= 0.6 is 0 Å². The molecule has 1 N–H and O–H groups in total. The van der Waals surface area contributed by atoms with Crippen molar-refractivity contribution in [2.45, 2.75) is 85.9 Å². The van der Waals surface area contributed by atoms with Crippen LogP contribution in [0.4, 0.5) is 5.69 Å². The van der Waals surface area contributed by atoms with Crippen LogP contribution in [0.1, 0.15) is 68.7 Å². The molecule has 2 aromatic rings. The SMILES string of the molecule is CC[C@H](C(=O)N[C@@H](C)CC)N(Cc1ccc(C)cc1)C(=O)CCCN(c1cc(C)ccc1C)S(C)(=O)=O. The van der Waals surface area contributed by atoms with Gasteiger partial charge in [0.1, 0.15) is 6.04 Å². The third-order valence-electron chi connectivity index (χ3n) is 6.65. The number of benzene rings is 2. The summed E-state index contributed by atoms with van der Waals surface area (Å²) in [6.07, 6.45) is 2.95. The van der Waals surface area contributed by atoms with Gasteiger partial charge in [-0.15, -0.1) is 0 Å². The highest BCUT2D eigenvalue weighted by atomic mass is 32.2. The van der Waals surface area contributed by atoms with Gasteiger partial charge in [-0.1, -0.05) is 55.8 Å². The molecule has 2 amide bonds. The van der Waals surface area contributed by atoms with Gasteiger partial charge in [0.25, 0.3) is 0 Å². The van der Waals surface area contributed by atoms with Crippen LogP contribution in [0.25, 0.3) is 0 Å². The third-order valence-corrected chi connectivity index (χ3v) is 7.83. The summed E-state index contributed by atoms with van der Waals surface area (Å²) in [5.74, 6) is -0.327. The van der Waals surface area contributed by atoms with Crippen molar-refractivity contribution in [3.05, 3.63) is 64.7 Å². The smallest absolute Gasteiger partial charge is 0.243 e. The van der Waals surface area contributed by atoms with Crippen LogP contribution in [0.3, 0.4) is 0 Å². The van der Waals surface area contributed by atoms with Crippen molar-refractivity contribution < 1.29 is 18.0 Å². The molecule has 0 aromatic heterocycles. The number of hydrogen-bond acceptors (Lipinski definition) is 4. The van der Waals surface area contributed by atoms with Gasteiger partial charge in [0.15, 0.2) is 0 Å². The van der Waals surface area contributed by atoms with E-state index < -0.39 is 16.1 Å². The minimum absolute atomic E-state index is 0.0127. The Labute approximate surface area is 223 Å². The van der Waals surface area contributed by atoms with E-state index in [1.807, 2.05) is 84.0 Å². The van der Waals surface area contributed by atoms with Crippen LogP contribution in [-0.4, -0.2) is 50.0 Å². The van der Waals surface area contributed by atoms with Crippen molar-refractivity contribution in [2.24, 2.45) is 0 Å². The van der Waals surface area contributed by atoms with Gasteiger partial charge in [-0.05, 0) is 69.7 Å². The number of rotatable bonds is 13. The molecule has 0 saturated carbocycles. The van der Waals surface area contributed by atoms with Crippen molar-refractivity contribution in [1.82, 2.24) is 10.2 Å². The summed E-state index contributed by atoms with van der Waals surface area (Å²) in [4.78, 5) is 28.3. The van der Waals surface area contributed by atoms with Gasteiger partial charge in [-0.2, -0.15) is 0 Å². The zero-order valence-corrected chi connectivity index (χ0v) is 24.2. The summed E-state index contributed by atoms with van der Waals surface area (Å²) in [5, 5.41) is 3.02. The molecule has 0 saturated heterocycles. The van der Waals surface area contributed by atoms with Crippen LogP contribution in [0.2, 0.25) is 0 Å². The number of anilines is 1. The Hall–Kier alpha value is -2.87. The summed E-state index contributed by atoms with van der Waals surface area (Å²) < 4.78 is 26.6. The fraction of sp³-hybridized carbons (Fsp3) is 0.517. The lowest BCUT2D eigenvalue weighted by molar-refractivity contribution is -0.141. The summed E-state index contributed by atoms with van der Waals surface area (Å²) in [6, 6.07) is 13.0. The lowest BCUT2D eigenvalue weighted by Crippen LogP contribution is -2.50. The van der Waals surface area contributed by atoms with E-state index in [-0.39, 0.29) is 30.8 Å². The number of hydrogen-bond donors (Lipinski definition) is 1. The van der Waals surface area contributed by atoms with E-state index in [2.05, 4.69) is 5.32 Å². The largest absolute Gasteiger partial charge is 0.352 e. The zero-order chi connectivity index (χ0) is 27.8. The van der Waals surface area contributed by atoms with Crippen molar-refractivity contribution in [3.8, 4) is 0 Å². The van der Waals surface area contributed by atoms with Crippen LogP contribution in [0, 0.1) is 20.8 Å². The van der Waals surface area contributed by atoms with Crippen LogP contribution in [0.15, 0.2) is 42.5 Å². The second-order valence-electron chi connectivity index (χ2n) is 9.98. The monoisotopic (exact) mass is 529 g/mol. The third kappa shape index (κ3) is 8.88. The normalized spacial score (nSPS) is 13.1. The molecule has 2 atom stereocenters. The van der Waals surface area contributed by atoms with Crippen LogP contribution < -0.4 is 9.62 Å². The highest BCUT2D eigenvalue weighted by Crippen LogP contribution is 2.25. The van der Waals surface area contributed by atoms with Gasteiger partial charge in [0.05, 0.1) is 11.9 Å². The highest BCUT2D eigenvalue weighted by Gasteiger charge is 2.29. The summed E-state index contributed by atoms with van der Waals surface area (Å²) >= 11 is 0. The van der Waals surface area contributed by atoms with Crippen molar-refractivity contribution in [1.29, 1.82) is 0 Å². The van der Waals surface area contributed by atoms with E-state index in [4.69, 9.17) is 0 Å². The van der Waals surface area contributed by atoms with E-state index in [0.29, 0.717) is 25.1 Å². The van der Waals surface area contributed by atoms with E-state index in [1.54, 1.807) is 4.90 Å². The lowest BCUT2D eigenvalue weighted by atomic mass is 10.1. The molecule has 204 valence electrons. The molecule has 0 radical (unpaired) electrons. The Morgan fingerprint density at radius 1 is 0.946 bits per heavy atom. The fourth-order valence-corrected chi connectivity index (χ4v) is 5.24. The standard InChI is InChI=1S/C29H43N3O4S/c1-8-24(6)30-29(34)26(9-2)31(20-25-16-13-21(3)14-17-25)28(33)11-10-18-32(37(7,35)36)27-19-22(4)12-15-23(27)5/h12-17,19,24,26H,8-11,18,20H2,1-7H3,(H,30,34)/t24-,26+/m0/s1. The topological polar surface area (TPSA) is 86.8 Å². The van der Waals surface area contributed by atoms with E-state index in [0.717, 1.165) is 28.7 Å². The molecule has 0 aliphatic heterocycles. The Bertz CT molecular complexity index is 1160. The Morgan fingerprint density at radius 3 is 2.14 bits per heavy atom. The molecular weight excluding hydrogens is 486 g/mol. The minimum atomic E-state index is -3.53. The predicted octanol–water partition coefficient (Wildman–Crippen LogP) is 4.88. The number of carbonyl (C=O) groups is 2. The average Bonchev–Trinajstić information content (AvgIpc) is 2.83. The molecular formula is C29H43N3O4S. The molecule has 8 heteroatoms. The molecule has 0 bridgehead atoms. The maximum absolute atomic E-state index is 13.5. The van der Waals surface area contributed by atoms with Gasteiger partial charge in [-0.25, -0.2) is 8.42 Å². The molecule has 37 heavy (non-hydrogen) atoms. The number of sulfonamides is 1. The van der Waals surface area contributed by atoms with Crippen molar-refractivity contribution in [3.63, 3.8) is 0 Å². The van der Waals surface area contributed by atoms with Crippen molar-refractivity contribution >= 4 is 27.5 Å². The zero-order valence-electron chi connectivity index (χ0n) is 23.4. The Balaban J connectivity index is 2.25. The highest BCUT2D eigenvalue weighted by molar-refractivity contribution is 7.92. The molecule has 0 aliphatic rings. The number of nitrogens with zero attached hydrogens (tertiary/aromatic N) is 2. The van der Waals surface area contributed by atoms with Crippen molar-refractivity contribution in [2.75, 3.05) is 17.1 Å².